The zero-order valence-corrected chi connectivity index (χ0v) is 33.4. The number of nitrogens with zero attached hydrogens (tertiary/aromatic N) is 1. The highest BCUT2D eigenvalue weighted by molar-refractivity contribution is 5.79. The van der Waals surface area contributed by atoms with E-state index in [9.17, 15) is 14.4 Å². The first kappa shape index (κ1) is 40.7. The van der Waals surface area contributed by atoms with Gasteiger partial charge in [0, 0.05) is 51.5 Å². The Morgan fingerprint density at radius 2 is 1.05 bits per heavy atom. The predicted octanol–water partition coefficient (Wildman–Crippen LogP) is 8.81. The molecule has 8 heteroatoms. The van der Waals surface area contributed by atoms with Crippen LogP contribution >= 0.6 is 0 Å². The lowest BCUT2D eigenvalue weighted by molar-refractivity contribution is -0.131. The molecule has 1 aliphatic rings. The van der Waals surface area contributed by atoms with E-state index in [0.717, 1.165) is 46.2 Å². The lowest BCUT2D eigenvalue weighted by Crippen LogP contribution is -2.46. The van der Waals surface area contributed by atoms with Gasteiger partial charge in [0.25, 0.3) is 0 Å². The van der Waals surface area contributed by atoms with Crippen LogP contribution in [-0.4, -0.2) is 55.6 Å². The van der Waals surface area contributed by atoms with E-state index < -0.39 is 11.6 Å². The molecular weight excluding hydrogens is 733 g/mol. The maximum absolute atomic E-state index is 13.5. The van der Waals surface area contributed by atoms with Gasteiger partial charge in [0.15, 0.2) is 0 Å². The molecule has 0 spiro atoms. The van der Waals surface area contributed by atoms with Crippen molar-refractivity contribution in [3.63, 3.8) is 0 Å². The summed E-state index contributed by atoms with van der Waals surface area (Å²) in [5, 5.41) is 9.65. The van der Waals surface area contributed by atoms with Gasteiger partial charge < -0.3 is 20.3 Å². The molecule has 0 atom stereocenters. The van der Waals surface area contributed by atoms with Crippen LogP contribution in [0.25, 0.3) is 11.1 Å². The fraction of sp³-hybridized carbons (Fsp3) is 0.235. The van der Waals surface area contributed by atoms with Crippen LogP contribution < -0.4 is 16.0 Å². The molecule has 6 aromatic rings. The van der Waals surface area contributed by atoms with Crippen LogP contribution in [0, 0.1) is 0 Å². The number of rotatable bonds is 19. The number of unbranched alkanes of at least 4 members (excludes halogenated alkanes) is 1. The molecule has 0 saturated heterocycles. The lowest BCUT2D eigenvalue weighted by Gasteiger charge is -2.37. The van der Waals surface area contributed by atoms with E-state index in [1.807, 2.05) is 114 Å². The molecule has 1 aliphatic carbocycles. The van der Waals surface area contributed by atoms with Crippen LogP contribution in [0.2, 0.25) is 0 Å². The van der Waals surface area contributed by atoms with Crippen molar-refractivity contribution in [2.24, 2.45) is 0 Å². The van der Waals surface area contributed by atoms with Gasteiger partial charge >= 0.3 is 6.09 Å². The fourth-order valence-electron chi connectivity index (χ4n) is 8.15. The number of fused-ring (bicyclic) bond motifs is 3. The molecule has 0 aliphatic heterocycles. The third-order valence-electron chi connectivity index (χ3n) is 11.1. The Hall–Kier alpha value is -6.51. The van der Waals surface area contributed by atoms with E-state index in [0.29, 0.717) is 32.6 Å². The van der Waals surface area contributed by atoms with Crippen LogP contribution in [0.1, 0.15) is 65.0 Å². The zero-order valence-electron chi connectivity index (χ0n) is 33.4. The number of hydrogen-bond acceptors (Lipinski definition) is 5. The number of ether oxygens (including phenoxy) is 1. The molecule has 3 amide bonds. The first-order chi connectivity index (χ1) is 29.0. The number of amides is 3. The SMILES string of the molecule is O=C(CCNC(c1ccccc1)(c1ccccc1)c1ccccc1)NCCCCN(Cc1ccccc1)C(=O)CCNC(=O)OCC1c2ccccc2-c2ccccc21. The third-order valence-corrected chi connectivity index (χ3v) is 11.1. The summed E-state index contributed by atoms with van der Waals surface area (Å²) in [6.45, 7) is 2.37. The summed E-state index contributed by atoms with van der Waals surface area (Å²) in [6.07, 6.45) is 1.36. The minimum absolute atomic E-state index is 0.0305. The third kappa shape index (κ3) is 10.1. The van der Waals surface area contributed by atoms with E-state index in [1.165, 1.54) is 11.1 Å². The largest absolute Gasteiger partial charge is 0.449 e. The van der Waals surface area contributed by atoms with E-state index in [1.54, 1.807) is 0 Å². The van der Waals surface area contributed by atoms with Crippen LogP contribution in [0.15, 0.2) is 170 Å². The minimum Gasteiger partial charge on any atom is -0.449 e. The van der Waals surface area contributed by atoms with Crippen molar-refractivity contribution >= 4 is 17.9 Å². The van der Waals surface area contributed by atoms with Crippen molar-refractivity contribution < 1.29 is 19.1 Å². The summed E-state index contributed by atoms with van der Waals surface area (Å²) in [5.41, 5.74) is 8.33. The van der Waals surface area contributed by atoms with Crippen LogP contribution in [0.5, 0.6) is 0 Å². The summed E-state index contributed by atoms with van der Waals surface area (Å²) in [4.78, 5) is 41.2. The van der Waals surface area contributed by atoms with Crippen molar-refractivity contribution in [1.29, 1.82) is 0 Å². The average molecular weight is 785 g/mol. The smallest absolute Gasteiger partial charge is 0.407 e. The van der Waals surface area contributed by atoms with Gasteiger partial charge in [0.05, 0.1) is 5.54 Å². The van der Waals surface area contributed by atoms with Crippen molar-refractivity contribution in [2.75, 3.05) is 32.8 Å². The van der Waals surface area contributed by atoms with E-state index in [4.69, 9.17) is 4.74 Å². The van der Waals surface area contributed by atoms with Gasteiger partial charge in [0.2, 0.25) is 11.8 Å². The number of nitrogens with one attached hydrogen (secondary N) is 3. The van der Waals surface area contributed by atoms with Gasteiger partial charge in [-0.05, 0) is 57.3 Å². The van der Waals surface area contributed by atoms with Crippen LogP contribution in [0.3, 0.4) is 0 Å². The molecule has 0 saturated carbocycles. The van der Waals surface area contributed by atoms with E-state index >= 15 is 0 Å². The second-order valence-corrected chi connectivity index (χ2v) is 14.9. The highest BCUT2D eigenvalue weighted by atomic mass is 16.5. The van der Waals surface area contributed by atoms with Gasteiger partial charge in [-0.3, -0.25) is 14.9 Å². The highest BCUT2D eigenvalue weighted by Crippen LogP contribution is 2.44. The molecule has 300 valence electrons. The Labute approximate surface area is 347 Å². The lowest BCUT2D eigenvalue weighted by atomic mass is 9.77. The van der Waals surface area contributed by atoms with E-state index in [2.05, 4.69) is 76.6 Å². The van der Waals surface area contributed by atoms with Gasteiger partial charge in [-0.15, -0.1) is 0 Å². The van der Waals surface area contributed by atoms with Crippen molar-refractivity contribution in [2.45, 2.75) is 43.7 Å². The Kier molecular flexibility index (Phi) is 14.0. The molecule has 0 unspecified atom stereocenters. The van der Waals surface area contributed by atoms with Crippen LogP contribution in [0.4, 0.5) is 4.79 Å². The highest BCUT2D eigenvalue weighted by Gasteiger charge is 2.36. The number of carbonyl (C=O) groups is 3. The van der Waals surface area contributed by atoms with Crippen LogP contribution in [-0.2, 0) is 26.4 Å². The number of alkyl carbamates (subject to hydrolysis) is 1. The summed E-state index contributed by atoms with van der Waals surface area (Å²) in [5.74, 6) is -0.116. The Balaban J connectivity index is 0.872. The van der Waals surface area contributed by atoms with Gasteiger partial charge in [-0.2, -0.15) is 0 Å². The van der Waals surface area contributed by atoms with Crippen molar-refractivity contribution in [3.8, 4) is 11.1 Å². The molecular formula is C51H52N4O4. The Morgan fingerprint density at radius 3 is 1.61 bits per heavy atom. The molecule has 59 heavy (non-hydrogen) atoms. The number of benzene rings is 6. The van der Waals surface area contributed by atoms with E-state index in [-0.39, 0.29) is 37.3 Å². The number of hydrogen-bond donors (Lipinski definition) is 3. The monoisotopic (exact) mass is 784 g/mol. The molecule has 0 heterocycles. The topological polar surface area (TPSA) is 99.8 Å². The molecule has 6 aromatic carbocycles. The minimum atomic E-state index is -0.635. The second kappa shape index (κ2) is 20.3. The first-order valence-corrected chi connectivity index (χ1v) is 20.6. The summed E-state index contributed by atoms with van der Waals surface area (Å²) in [7, 11) is 0. The quantitative estimate of drug-likeness (QED) is 0.0564. The Bertz CT molecular complexity index is 2130. The second-order valence-electron chi connectivity index (χ2n) is 14.9. The van der Waals surface area contributed by atoms with Gasteiger partial charge in [-0.1, -0.05) is 170 Å². The zero-order chi connectivity index (χ0) is 40.7. The average Bonchev–Trinajstić information content (AvgIpc) is 3.61. The van der Waals surface area contributed by atoms with Gasteiger partial charge in [-0.25, -0.2) is 4.79 Å². The molecule has 0 radical (unpaired) electrons. The predicted molar refractivity (Wildman–Crippen MR) is 234 cm³/mol. The van der Waals surface area contributed by atoms with Gasteiger partial charge in [0.1, 0.15) is 6.61 Å². The molecule has 0 fully saturated rings. The van der Waals surface area contributed by atoms with Crippen molar-refractivity contribution in [3.05, 3.63) is 203 Å². The summed E-state index contributed by atoms with van der Waals surface area (Å²) >= 11 is 0. The standard InChI is InChI=1S/C51H52N4O4/c56-48(31-35-54-51(40-21-7-2-8-22-40,41-23-9-3-10-24-41)42-25-11-4-12-26-42)52-33-17-18-36-55(37-39-19-5-1-6-20-39)49(57)32-34-53-50(58)59-38-47-45-29-15-13-27-43(45)44-28-14-16-30-46(44)47/h1-16,19-30,47,54H,17-18,31-38H2,(H,52,56)(H,53,58). The molecule has 8 nitrogen and oxygen atoms in total. The maximum atomic E-state index is 13.5. The molecule has 0 bridgehead atoms. The summed E-state index contributed by atoms with van der Waals surface area (Å²) in [6, 6.07) is 57.4. The Morgan fingerprint density at radius 1 is 0.542 bits per heavy atom. The number of carbonyl (C=O) groups excluding carboxylic acids is 3. The molecule has 7 rings (SSSR count). The van der Waals surface area contributed by atoms with Crippen molar-refractivity contribution in [1.82, 2.24) is 20.9 Å². The summed E-state index contributed by atoms with van der Waals surface area (Å²) < 4.78 is 5.68. The molecule has 3 N–H and O–H groups in total. The first-order valence-electron chi connectivity index (χ1n) is 20.6. The fourth-order valence-corrected chi connectivity index (χ4v) is 8.15. The normalized spacial score (nSPS) is 11.9. The molecule has 0 aromatic heterocycles. The maximum Gasteiger partial charge on any atom is 0.407 e.